The second kappa shape index (κ2) is 8.13. The highest BCUT2D eigenvalue weighted by Crippen LogP contribution is 2.22. The second-order valence-electron chi connectivity index (χ2n) is 6.69. The molecule has 0 amide bonds. The summed E-state index contributed by atoms with van der Waals surface area (Å²) in [6.45, 7) is 8.43. The van der Waals surface area contributed by atoms with Gasteiger partial charge in [-0.3, -0.25) is 14.4 Å². The highest BCUT2D eigenvalue weighted by atomic mass is 16.5. The van der Waals surface area contributed by atoms with Gasteiger partial charge >= 0.3 is 5.97 Å². The number of benzene rings is 1. The van der Waals surface area contributed by atoms with E-state index < -0.39 is 12.1 Å². The standard InChI is InChI=1S/C21H25NO4/c1-12(17-9-7-6-8-10-17)11-18(24)26-16(5)21(25)20-13(2)19(15(4)23)14(3)22-20/h6-10,12,16,22H,11H2,1-5H3/t12-,16-/m0/s1. The summed E-state index contributed by atoms with van der Waals surface area (Å²) in [5.41, 5.74) is 3.13. The molecule has 5 nitrogen and oxygen atoms in total. The zero-order valence-electron chi connectivity index (χ0n) is 15.9. The Balaban J connectivity index is 2.04. The summed E-state index contributed by atoms with van der Waals surface area (Å²) in [5.74, 6) is -0.852. The number of hydrogen-bond donors (Lipinski definition) is 1. The molecule has 0 aliphatic heterocycles. The summed E-state index contributed by atoms with van der Waals surface area (Å²) >= 11 is 0. The zero-order chi connectivity index (χ0) is 19.4. The van der Waals surface area contributed by atoms with Gasteiger partial charge < -0.3 is 9.72 Å². The van der Waals surface area contributed by atoms with Crippen molar-refractivity contribution in [3.05, 3.63) is 58.4 Å². The van der Waals surface area contributed by atoms with Gasteiger partial charge in [-0.25, -0.2) is 0 Å². The van der Waals surface area contributed by atoms with Crippen molar-refractivity contribution in [2.24, 2.45) is 0 Å². The minimum Gasteiger partial charge on any atom is -0.454 e. The monoisotopic (exact) mass is 355 g/mol. The normalized spacial score (nSPS) is 13.1. The average Bonchev–Trinajstić information content (AvgIpc) is 2.89. The maximum absolute atomic E-state index is 12.6. The van der Waals surface area contributed by atoms with Crippen LogP contribution in [0, 0.1) is 13.8 Å². The molecular formula is C21H25NO4. The predicted octanol–water partition coefficient (Wildman–Crippen LogP) is 4.14. The molecule has 0 spiro atoms. The first-order valence-corrected chi connectivity index (χ1v) is 8.71. The lowest BCUT2D eigenvalue weighted by atomic mass is 9.98. The first kappa shape index (κ1) is 19.6. The van der Waals surface area contributed by atoms with Crippen LogP contribution in [0.25, 0.3) is 0 Å². The topological polar surface area (TPSA) is 76.2 Å². The number of hydrogen-bond acceptors (Lipinski definition) is 4. The molecule has 0 fully saturated rings. The van der Waals surface area contributed by atoms with Crippen molar-refractivity contribution in [1.82, 2.24) is 4.98 Å². The minimum absolute atomic E-state index is 0.00443. The highest BCUT2D eigenvalue weighted by molar-refractivity contribution is 6.05. The van der Waals surface area contributed by atoms with Gasteiger partial charge in [0.05, 0.1) is 12.1 Å². The Morgan fingerprint density at radius 1 is 1.08 bits per heavy atom. The fraction of sp³-hybridized carbons (Fsp3) is 0.381. The highest BCUT2D eigenvalue weighted by Gasteiger charge is 2.26. The fourth-order valence-corrected chi connectivity index (χ4v) is 3.18. The molecule has 2 rings (SSSR count). The van der Waals surface area contributed by atoms with Gasteiger partial charge in [0.2, 0.25) is 5.78 Å². The van der Waals surface area contributed by atoms with E-state index in [0.29, 0.717) is 22.5 Å². The number of carbonyl (C=O) groups excluding carboxylic acids is 3. The Bertz CT molecular complexity index is 820. The summed E-state index contributed by atoms with van der Waals surface area (Å²) in [6, 6.07) is 9.69. The van der Waals surface area contributed by atoms with Crippen LogP contribution in [0.3, 0.4) is 0 Å². The average molecular weight is 355 g/mol. The molecule has 0 unspecified atom stereocenters. The Kier molecular flexibility index (Phi) is 6.14. The van der Waals surface area contributed by atoms with Crippen LogP contribution >= 0.6 is 0 Å². The lowest BCUT2D eigenvalue weighted by Gasteiger charge is -2.15. The van der Waals surface area contributed by atoms with E-state index in [4.69, 9.17) is 4.74 Å². The molecule has 2 atom stereocenters. The van der Waals surface area contributed by atoms with Gasteiger partial charge in [0.25, 0.3) is 0 Å². The number of esters is 1. The second-order valence-corrected chi connectivity index (χ2v) is 6.69. The van der Waals surface area contributed by atoms with Gasteiger partial charge in [-0.2, -0.15) is 0 Å². The number of Topliss-reactive ketones (excluding diaryl/α,β-unsaturated/α-hetero) is 2. The van der Waals surface area contributed by atoms with Crippen molar-refractivity contribution in [2.75, 3.05) is 0 Å². The molecule has 1 N–H and O–H groups in total. The molecule has 0 saturated heterocycles. The Morgan fingerprint density at radius 3 is 2.23 bits per heavy atom. The van der Waals surface area contributed by atoms with E-state index in [0.717, 1.165) is 5.56 Å². The van der Waals surface area contributed by atoms with E-state index in [1.165, 1.54) is 6.92 Å². The fourth-order valence-electron chi connectivity index (χ4n) is 3.18. The van der Waals surface area contributed by atoms with Crippen molar-refractivity contribution in [1.29, 1.82) is 0 Å². The largest absolute Gasteiger partial charge is 0.454 e. The first-order chi connectivity index (χ1) is 12.2. The third kappa shape index (κ3) is 4.28. The van der Waals surface area contributed by atoms with E-state index in [1.807, 2.05) is 37.3 Å². The number of ether oxygens (including phenoxy) is 1. The van der Waals surface area contributed by atoms with E-state index in [-0.39, 0.29) is 23.9 Å². The number of rotatable bonds is 7. The van der Waals surface area contributed by atoms with Gasteiger partial charge in [-0.1, -0.05) is 37.3 Å². The van der Waals surface area contributed by atoms with Crippen LogP contribution in [0.15, 0.2) is 30.3 Å². The maximum Gasteiger partial charge on any atom is 0.307 e. The number of carbonyl (C=O) groups is 3. The van der Waals surface area contributed by atoms with E-state index in [1.54, 1.807) is 20.8 Å². The molecule has 5 heteroatoms. The van der Waals surface area contributed by atoms with Crippen LogP contribution in [-0.2, 0) is 9.53 Å². The molecule has 2 aromatic rings. The SMILES string of the molecule is CC(=O)c1c(C)[nH]c(C(=O)[C@H](C)OC(=O)C[C@H](C)c2ccccc2)c1C. The number of aromatic amines is 1. The molecular weight excluding hydrogens is 330 g/mol. The summed E-state index contributed by atoms with van der Waals surface area (Å²) in [6.07, 6.45) is -0.717. The molecule has 0 aliphatic carbocycles. The third-order valence-corrected chi connectivity index (χ3v) is 4.55. The lowest BCUT2D eigenvalue weighted by molar-refractivity contribution is -0.146. The number of nitrogens with one attached hydrogen (secondary N) is 1. The van der Waals surface area contributed by atoms with Gasteiger partial charge in [-0.15, -0.1) is 0 Å². The first-order valence-electron chi connectivity index (χ1n) is 8.71. The van der Waals surface area contributed by atoms with Gasteiger partial charge in [0.1, 0.15) is 0 Å². The van der Waals surface area contributed by atoms with Crippen molar-refractivity contribution in [3.63, 3.8) is 0 Å². The van der Waals surface area contributed by atoms with Gasteiger partial charge in [-0.05, 0) is 44.7 Å². The molecule has 138 valence electrons. The van der Waals surface area contributed by atoms with Crippen molar-refractivity contribution >= 4 is 17.5 Å². The van der Waals surface area contributed by atoms with E-state index >= 15 is 0 Å². The van der Waals surface area contributed by atoms with Gasteiger partial charge in [0, 0.05) is 11.3 Å². The number of aromatic nitrogens is 1. The molecule has 0 bridgehead atoms. The molecule has 0 aliphatic rings. The Hall–Kier alpha value is -2.69. The summed E-state index contributed by atoms with van der Waals surface area (Å²) < 4.78 is 5.33. The van der Waals surface area contributed by atoms with E-state index in [9.17, 15) is 14.4 Å². The maximum atomic E-state index is 12.6. The molecule has 1 heterocycles. The Labute approximate surface area is 153 Å². The summed E-state index contributed by atoms with van der Waals surface area (Å²) in [4.78, 5) is 39.5. The van der Waals surface area contributed by atoms with Crippen molar-refractivity contribution in [2.45, 2.75) is 53.1 Å². The molecule has 26 heavy (non-hydrogen) atoms. The smallest absolute Gasteiger partial charge is 0.307 e. The van der Waals surface area contributed by atoms with Crippen LogP contribution in [0.2, 0.25) is 0 Å². The number of ketones is 2. The molecule has 0 saturated carbocycles. The summed E-state index contributed by atoms with van der Waals surface area (Å²) in [5, 5.41) is 0. The Morgan fingerprint density at radius 2 is 1.69 bits per heavy atom. The van der Waals surface area contributed by atoms with Crippen molar-refractivity contribution < 1.29 is 19.1 Å². The van der Waals surface area contributed by atoms with Gasteiger partial charge in [0.15, 0.2) is 11.9 Å². The molecule has 1 aromatic carbocycles. The van der Waals surface area contributed by atoms with E-state index in [2.05, 4.69) is 4.98 Å². The molecule has 1 aromatic heterocycles. The third-order valence-electron chi connectivity index (χ3n) is 4.55. The summed E-state index contributed by atoms with van der Waals surface area (Å²) in [7, 11) is 0. The predicted molar refractivity (Wildman–Crippen MR) is 99.6 cm³/mol. The van der Waals surface area contributed by atoms with Crippen LogP contribution in [-0.4, -0.2) is 28.6 Å². The quantitative estimate of drug-likeness (QED) is 0.598. The molecule has 0 radical (unpaired) electrons. The minimum atomic E-state index is -0.915. The number of aryl methyl sites for hydroxylation is 1. The lowest BCUT2D eigenvalue weighted by Crippen LogP contribution is -2.26. The number of H-pyrrole nitrogens is 1. The van der Waals surface area contributed by atoms with Crippen LogP contribution in [0.1, 0.15) is 70.8 Å². The zero-order valence-corrected chi connectivity index (χ0v) is 15.9. The van der Waals surface area contributed by atoms with Crippen LogP contribution < -0.4 is 0 Å². The van der Waals surface area contributed by atoms with Crippen molar-refractivity contribution in [3.8, 4) is 0 Å². The van der Waals surface area contributed by atoms with Crippen LogP contribution in [0.5, 0.6) is 0 Å². The van der Waals surface area contributed by atoms with Crippen LogP contribution in [0.4, 0.5) is 0 Å².